The van der Waals surface area contributed by atoms with E-state index in [4.69, 9.17) is 4.42 Å². The molecule has 3 aromatic carbocycles. The van der Waals surface area contributed by atoms with Crippen molar-refractivity contribution in [3.05, 3.63) is 115 Å². The van der Waals surface area contributed by atoms with Crippen LogP contribution in [0.2, 0.25) is 0 Å². The minimum atomic E-state index is -1.22. The molecule has 4 heteroatoms. The maximum absolute atomic E-state index is 11.2. The van der Waals surface area contributed by atoms with Gasteiger partial charge in [0.1, 0.15) is 0 Å². The molecule has 0 aliphatic carbocycles. The van der Waals surface area contributed by atoms with Crippen molar-refractivity contribution in [2.24, 2.45) is 0 Å². The first-order chi connectivity index (χ1) is 13.2. The van der Waals surface area contributed by atoms with Crippen LogP contribution in [0.1, 0.15) is 10.4 Å². The molecule has 0 N–H and O–H groups in total. The number of carboxylic acid groups (broad SMARTS) is 1. The van der Waals surface area contributed by atoms with Crippen LogP contribution in [0, 0.1) is 6.07 Å². The maximum Gasteiger partial charge on any atom is 2.00 e. The molecule has 4 rings (SSSR count). The van der Waals surface area contributed by atoms with Crippen molar-refractivity contribution in [2.75, 3.05) is 0 Å². The van der Waals surface area contributed by atoms with Crippen LogP contribution < -0.4 is 5.11 Å². The monoisotopic (exact) mass is 377 g/mol. The van der Waals surface area contributed by atoms with Crippen LogP contribution in [0.5, 0.6) is 0 Å². The summed E-state index contributed by atoms with van der Waals surface area (Å²) in [5, 5.41) is 11.2. The number of benzene rings is 3. The van der Waals surface area contributed by atoms with E-state index in [0.717, 1.165) is 11.1 Å². The zero-order chi connectivity index (χ0) is 18.9. The minimum Gasteiger partial charge on any atom is -0.545 e. The molecule has 0 amide bonds. The quantitative estimate of drug-likeness (QED) is 0.303. The Hall–Kier alpha value is -2.95. The molecule has 132 valence electrons. The Morgan fingerprint density at radius 3 is 1.46 bits per heavy atom. The predicted molar refractivity (Wildman–Crippen MR) is 109 cm³/mol. The Kier molecular flexibility index (Phi) is 8.40. The number of aromatic carboxylic acids is 1. The van der Waals surface area contributed by atoms with E-state index in [1.165, 1.54) is 12.1 Å². The van der Waals surface area contributed by atoms with E-state index in [2.05, 4.69) is 6.07 Å². The summed E-state index contributed by atoms with van der Waals surface area (Å²) in [4.78, 5) is 11.2. The third kappa shape index (κ3) is 6.05. The minimum absolute atomic E-state index is 0. The fourth-order valence-corrected chi connectivity index (χ4v) is 2.45. The standard InChI is InChI=1S/C18H12O3.C6H5.Mg/c19-18(20)15-11-16(13-7-3-1-4-8-13)21-17(12-15)14-9-5-2-6-10-14;1-2-4-6-5-3-1;/h1-12H;1-5H;/q;-1;+2. The Bertz CT molecular complexity index is 904. The van der Waals surface area contributed by atoms with E-state index in [-0.39, 0.29) is 28.6 Å². The Morgan fingerprint density at radius 1 is 0.714 bits per heavy atom. The van der Waals surface area contributed by atoms with Gasteiger partial charge in [0.25, 0.3) is 0 Å². The molecule has 0 aliphatic rings. The second-order valence-electron chi connectivity index (χ2n) is 5.67. The second kappa shape index (κ2) is 11.0. The smallest absolute Gasteiger partial charge is 0.545 e. The van der Waals surface area contributed by atoms with Crippen LogP contribution >= 0.6 is 0 Å². The fraction of sp³-hybridized carbons (Fsp3) is 0. The number of carbonyl (C=O) groups excluding carboxylic acids is 1. The zero-order valence-electron chi connectivity index (χ0n) is 15.2. The van der Waals surface area contributed by atoms with Crippen LogP contribution in [0.4, 0.5) is 0 Å². The van der Waals surface area contributed by atoms with Crippen LogP contribution in [0.3, 0.4) is 0 Å². The van der Waals surface area contributed by atoms with Gasteiger partial charge in [-0.25, -0.2) is 4.42 Å². The van der Waals surface area contributed by atoms with Crippen LogP contribution in [-0.2, 0) is 0 Å². The van der Waals surface area contributed by atoms with Crippen molar-refractivity contribution in [1.29, 1.82) is 0 Å². The molecular weight excluding hydrogens is 361 g/mol. The molecule has 0 spiro atoms. The third-order valence-electron chi connectivity index (χ3n) is 3.75. The summed E-state index contributed by atoms with van der Waals surface area (Å²) in [6.45, 7) is 0. The molecule has 0 saturated heterocycles. The van der Waals surface area contributed by atoms with E-state index in [9.17, 15) is 9.90 Å². The predicted octanol–water partition coefficient (Wildman–Crippen LogP) is 4.36. The summed E-state index contributed by atoms with van der Waals surface area (Å²) >= 11 is 0. The first kappa shape index (κ1) is 21.3. The Morgan fingerprint density at radius 2 is 1.14 bits per heavy atom. The molecule has 0 atom stereocenters. The zero-order valence-corrected chi connectivity index (χ0v) is 16.7. The topological polar surface area (TPSA) is 51.4 Å². The van der Waals surface area contributed by atoms with Crippen LogP contribution in [0.25, 0.3) is 22.6 Å². The number of carboxylic acids is 1. The molecule has 4 aromatic rings. The summed E-state index contributed by atoms with van der Waals surface area (Å²) in [6.07, 6.45) is 0. The van der Waals surface area contributed by atoms with E-state index in [1.807, 2.05) is 91.0 Å². The molecule has 1 aromatic heterocycles. The third-order valence-corrected chi connectivity index (χ3v) is 3.75. The summed E-state index contributed by atoms with van der Waals surface area (Å²) in [6, 6.07) is 34.2. The van der Waals surface area contributed by atoms with Gasteiger partial charge in [-0.15, -0.1) is 0 Å². The molecule has 3 nitrogen and oxygen atoms in total. The average Bonchev–Trinajstić information content (AvgIpc) is 2.76. The first-order valence-corrected chi connectivity index (χ1v) is 8.45. The molecule has 28 heavy (non-hydrogen) atoms. The summed E-state index contributed by atoms with van der Waals surface area (Å²) in [5.74, 6) is -0.229. The summed E-state index contributed by atoms with van der Waals surface area (Å²) < 4.78 is 5.85. The van der Waals surface area contributed by atoms with Gasteiger partial charge < -0.3 is 9.90 Å². The van der Waals surface area contributed by atoms with Gasteiger partial charge in [0.05, 0.1) is 29.2 Å². The molecule has 0 aliphatic heterocycles. The van der Waals surface area contributed by atoms with Crippen molar-refractivity contribution < 1.29 is 14.3 Å². The van der Waals surface area contributed by atoms with E-state index in [1.54, 1.807) is 0 Å². The average molecular weight is 378 g/mol. The van der Waals surface area contributed by atoms with Gasteiger partial charge in [-0.3, -0.25) is 0 Å². The molecule has 0 radical (unpaired) electrons. The first-order valence-electron chi connectivity index (χ1n) is 8.45. The van der Waals surface area contributed by atoms with Crippen molar-refractivity contribution in [3.8, 4) is 22.6 Å². The molecule has 0 saturated carbocycles. The van der Waals surface area contributed by atoms with Crippen molar-refractivity contribution in [1.82, 2.24) is 0 Å². The number of carbonyl (C=O) groups is 1. The van der Waals surface area contributed by atoms with Crippen LogP contribution in [-0.4, -0.2) is 29.0 Å². The Labute approximate surface area is 180 Å². The molecular formula is C24H17MgO3+. The van der Waals surface area contributed by atoms with Gasteiger partial charge in [-0.05, 0) is 24.3 Å². The van der Waals surface area contributed by atoms with Gasteiger partial charge in [0.2, 0.25) is 0 Å². The molecule has 1 heterocycles. The number of hydrogen-bond acceptors (Lipinski definition) is 2. The molecule has 0 unspecified atom stereocenters. The van der Waals surface area contributed by atoms with Crippen molar-refractivity contribution in [2.45, 2.75) is 0 Å². The normalized spacial score (nSPS) is 9.43. The van der Waals surface area contributed by atoms with Gasteiger partial charge in [-0.2, -0.15) is 36.4 Å². The summed E-state index contributed by atoms with van der Waals surface area (Å²) in [7, 11) is 0. The van der Waals surface area contributed by atoms with Gasteiger partial charge >= 0.3 is 34.6 Å². The molecule has 0 fully saturated rings. The number of hydrogen-bond donors (Lipinski definition) is 0. The van der Waals surface area contributed by atoms with Crippen LogP contribution in [0.15, 0.2) is 108 Å². The fourth-order valence-electron chi connectivity index (χ4n) is 2.45. The van der Waals surface area contributed by atoms with Crippen molar-refractivity contribution >= 4 is 29.0 Å². The van der Waals surface area contributed by atoms with E-state index < -0.39 is 5.97 Å². The summed E-state index contributed by atoms with van der Waals surface area (Å²) in [5.41, 5.74) is 1.73. The van der Waals surface area contributed by atoms with E-state index >= 15 is 0 Å². The molecule has 0 bridgehead atoms. The van der Waals surface area contributed by atoms with Gasteiger partial charge in [0, 0.05) is 5.56 Å². The second-order valence-corrected chi connectivity index (χ2v) is 5.67. The SMILES string of the molecule is O=C([O-])c1cc(-c2ccccc2)[o+]c(-c2ccccc2)c1.[Mg+2].[c-]1ccccc1. The van der Waals surface area contributed by atoms with Gasteiger partial charge in [-0.1, -0.05) is 36.4 Å². The Balaban J connectivity index is 0.000000344. The number of rotatable bonds is 3. The van der Waals surface area contributed by atoms with Gasteiger partial charge in [0.15, 0.2) is 0 Å². The maximum atomic E-state index is 11.2. The van der Waals surface area contributed by atoms with E-state index in [0.29, 0.717) is 11.5 Å². The van der Waals surface area contributed by atoms with Crippen molar-refractivity contribution in [3.63, 3.8) is 0 Å². The largest absolute Gasteiger partial charge is 2.00 e.